The number of hydrogen-bond acceptors (Lipinski definition) is 3. The molecule has 2 rings (SSSR count). The molecule has 0 saturated carbocycles. The Labute approximate surface area is 103 Å². The SMILES string of the molecule is FC(F)(F)Oc1ccc(C[C@@H]2CNCCN2)cc1. The molecule has 1 aliphatic heterocycles. The highest BCUT2D eigenvalue weighted by atomic mass is 19.4. The molecule has 1 fully saturated rings. The van der Waals surface area contributed by atoms with E-state index >= 15 is 0 Å². The van der Waals surface area contributed by atoms with Gasteiger partial charge in [-0.05, 0) is 24.1 Å². The lowest BCUT2D eigenvalue weighted by molar-refractivity contribution is -0.274. The van der Waals surface area contributed by atoms with E-state index in [1.165, 1.54) is 12.1 Å². The van der Waals surface area contributed by atoms with Crippen LogP contribution in [0.3, 0.4) is 0 Å². The summed E-state index contributed by atoms with van der Waals surface area (Å²) in [5.74, 6) is -0.180. The molecule has 0 radical (unpaired) electrons. The molecule has 0 aliphatic carbocycles. The Morgan fingerprint density at radius 3 is 2.44 bits per heavy atom. The second kappa shape index (κ2) is 5.58. The monoisotopic (exact) mass is 260 g/mol. The van der Waals surface area contributed by atoms with Crippen LogP contribution >= 0.6 is 0 Å². The zero-order valence-corrected chi connectivity index (χ0v) is 9.76. The Morgan fingerprint density at radius 1 is 1.17 bits per heavy atom. The summed E-state index contributed by atoms with van der Waals surface area (Å²) in [6, 6.07) is 6.35. The minimum absolute atomic E-state index is 0.180. The molecule has 1 heterocycles. The van der Waals surface area contributed by atoms with Crippen molar-refractivity contribution in [2.24, 2.45) is 0 Å². The first kappa shape index (κ1) is 13.2. The van der Waals surface area contributed by atoms with E-state index in [2.05, 4.69) is 15.4 Å². The maximum atomic E-state index is 12.0. The van der Waals surface area contributed by atoms with E-state index in [1.54, 1.807) is 12.1 Å². The van der Waals surface area contributed by atoms with Gasteiger partial charge in [-0.2, -0.15) is 0 Å². The predicted molar refractivity (Wildman–Crippen MR) is 61.5 cm³/mol. The van der Waals surface area contributed by atoms with Gasteiger partial charge in [0.15, 0.2) is 0 Å². The fourth-order valence-corrected chi connectivity index (χ4v) is 1.97. The number of ether oxygens (including phenoxy) is 1. The van der Waals surface area contributed by atoms with Crippen molar-refractivity contribution in [2.45, 2.75) is 18.8 Å². The number of benzene rings is 1. The molecule has 0 spiro atoms. The summed E-state index contributed by atoms with van der Waals surface area (Å²) in [4.78, 5) is 0. The minimum atomic E-state index is -4.63. The molecule has 6 heteroatoms. The first-order valence-corrected chi connectivity index (χ1v) is 5.82. The lowest BCUT2D eigenvalue weighted by Crippen LogP contribution is -2.49. The molecule has 3 nitrogen and oxygen atoms in total. The summed E-state index contributed by atoms with van der Waals surface area (Å²) < 4.78 is 39.7. The molecule has 1 aliphatic rings. The van der Waals surface area contributed by atoms with Crippen LogP contribution in [0.5, 0.6) is 5.75 Å². The lowest BCUT2D eigenvalue weighted by Gasteiger charge is -2.24. The van der Waals surface area contributed by atoms with Crippen LogP contribution < -0.4 is 15.4 Å². The smallest absolute Gasteiger partial charge is 0.406 e. The highest BCUT2D eigenvalue weighted by molar-refractivity contribution is 5.28. The Balaban J connectivity index is 1.90. The highest BCUT2D eigenvalue weighted by Crippen LogP contribution is 2.23. The fraction of sp³-hybridized carbons (Fsp3) is 0.500. The largest absolute Gasteiger partial charge is 0.573 e. The number of piperazine rings is 1. The molecule has 0 unspecified atom stereocenters. The van der Waals surface area contributed by atoms with Gasteiger partial charge in [-0.1, -0.05) is 12.1 Å². The molecule has 0 bridgehead atoms. The van der Waals surface area contributed by atoms with Crippen molar-refractivity contribution >= 4 is 0 Å². The molecule has 1 aromatic carbocycles. The summed E-state index contributed by atoms with van der Waals surface area (Å²) in [5.41, 5.74) is 0.991. The third-order valence-corrected chi connectivity index (χ3v) is 2.76. The van der Waals surface area contributed by atoms with E-state index in [4.69, 9.17) is 0 Å². The number of halogens is 3. The average Bonchev–Trinajstić information content (AvgIpc) is 2.31. The number of rotatable bonds is 3. The maximum absolute atomic E-state index is 12.0. The van der Waals surface area contributed by atoms with Gasteiger partial charge in [0.05, 0.1) is 0 Å². The lowest BCUT2D eigenvalue weighted by atomic mass is 10.0. The van der Waals surface area contributed by atoms with Gasteiger partial charge in [-0.25, -0.2) is 0 Å². The van der Waals surface area contributed by atoms with Crippen LogP contribution in [0.1, 0.15) is 5.56 Å². The second-order valence-electron chi connectivity index (χ2n) is 4.25. The highest BCUT2D eigenvalue weighted by Gasteiger charge is 2.30. The zero-order chi connectivity index (χ0) is 13.0. The van der Waals surface area contributed by atoms with Crippen molar-refractivity contribution in [3.05, 3.63) is 29.8 Å². The summed E-state index contributed by atoms with van der Waals surface area (Å²) >= 11 is 0. The van der Waals surface area contributed by atoms with Crippen molar-refractivity contribution < 1.29 is 17.9 Å². The Bertz CT molecular complexity index is 372. The van der Waals surface area contributed by atoms with Gasteiger partial charge < -0.3 is 15.4 Å². The van der Waals surface area contributed by atoms with Crippen molar-refractivity contribution in [3.63, 3.8) is 0 Å². The van der Waals surface area contributed by atoms with E-state index in [0.717, 1.165) is 31.6 Å². The average molecular weight is 260 g/mol. The molecule has 1 saturated heterocycles. The Morgan fingerprint density at radius 2 is 1.89 bits per heavy atom. The second-order valence-corrected chi connectivity index (χ2v) is 4.25. The van der Waals surface area contributed by atoms with Gasteiger partial charge in [0.25, 0.3) is 0 Å². The predicted octanol–water partition coefficient (Wildman–Crippen LogP) is 1.69. The molecule has 0 aromatic heterocycles. The molecule has 18 heavy (non-hydrogen) atoms. The molecular weight excluding hydrogens is 245 g/mol. The van der Waals surface area contributed by atoms with Crippen LogP contribution in [0.4, 0.5) is 13.2 Å². The molecule has 1 aromatic rings. The zero-order valence-electron chi connectivity index (χ0n) is 9.76. The summed E-state index contributed by atoms with van der Waals surface area (Å²) in [5, 5.41) is 6.61. The van der Waals surface area contributed by atoms with Gasteiger partial charge in [-0.15, -0.1) is 13.2 Å². The number of nitrogens with one attached hydrogen (secondary N) is 2. The van der Waals surface area contributed by atoms with E-state index in [0.29, 0.717) is 6.04 Å². The fourth-order valence-electron chi connectivity index (χ4n) is 1.97. The number of hydrogen-bond donors (Lipinski definition) is 2. The van der Waals surface area contributed by atoms with Crippen LogP contribution in [0.15, 0.2) is 24.3 Å². The van der Waals surface area contributed by atoms with E-state index in [1.807, 2.05) is 0 Å². The molecule has 100 valence electrons. The van der Waals surface area contributed by atoms with Crippen LogP contribution in [-0.2, 0) is 6.42 Å². The van der Waals surface area contributed by atoms with Crippen LogP contribution in [-0.4, -0.2) is 32.0 Å². The maximum Gasteiger partial charge on any atom is 0.573 e. The Kier molecular flexibility index (Phi) is 4.08. The molecule has 1 atom stereocenters. The van der Waals surface area contributed by atoms with Gasteiger partial charge >= 0.3 is 6.36 Å². The molecular formula is C12H15F3N2O. The minimum Gasteiger partial charge on any atom is -0.406 e. The standard InChI is InChI=1S/C12H15F3N2O/c13-12(14,15)18-11-3-1-9(2-4-11)7-10-8-16-5-6-17-10/h1-4,10,16-17H,5-8H2/t10-/m1/s1. The third-order valence-electron chi connectivity index (χ3n) is 2.76. The normalized spacial score (nSPS) is 20.7. The molecule has 2 N–H and O–H groups in total. The number of alkyl halides is 3. The van der Waals surface area contributed by atoms with Crippen molar-refractivity contribution in [1.29, 1.82) is 0 Å². The Hall–Kier alpha value is -1.27. The van der Waals surface area contributed by atoms with Crippen molar-refractivity contribution in [1.82, 2.24) is 10.6 Å². The summed E-state index contributed by atoms with van der Waals surface area (Å²) in [6.45, 7) is 2.75. The van der Waals surface area contributed by atoms with Crippen molar-refractivity contribution in [3.8, 4) is 5.75 Å². The van der Waals surface area contributed by atoms with Gasteiger partial charge in [0.2, 0.25) is 0 Å². The van der Waals surface area contributed by atoms with Gasteiger partial charge in [0, 0.05) is 25.7 Å². The third kappa shape index (κ3) is 4.19. The van der Waals surface area contributed by atoms with E-state index in [-0.39, 0.29) is 5.75 Å². The van der Waals surface area contributed by atoms with Gasteiger partial charge in [0.1, 0.15) is 5.75 Å². The van der Waals surface area contributed by atoms with E-state index in [9.17, 15) is 13.2 Å². The van der Waals surface area contributed by atoms with Gasteiger partial charge in [-0.3, -0.25) is 0 Å². The summed E-state index contributed by atoms with van der Waals surface area (Å²) in [6.07, 6.45) is -3.84. The quantitative estimate of drug-likeness (QED) is 0.867. The van der Waals surface area contributed by atoms with Crippen LogP contribution in [0.25, 0.3) is 0 Å². The summed E-state index contributed by atoms with van der Waals surface area (Å²) in [7, 11) is 0. The topological polar surface area (TPSA) is 33.3 Å². The first-order chi connectivity index (χ1) is 8.53. The molecule has 0 amide bonds. The van der Waals surface area contributed by atoms with Crippen LogP contribution in [0.2, 0.25) is 0 Å². The van der Waals surface area contributed by atoms with Crippen LogP contribution in [0, 0.1) is 0 Å². The van der Waals surface area contributed by atoms with Crippen molar-refractivity contribution in [2.75, 3.05) is 19.6 Å². The van der Waals surface area contributed by atoms with E-state index < -0.39 is 6.36 Å². The first-order valence-electron chi connectivity index (χ1n) is 5.82.